The fourth-order valence-electron chi connectivity index (χ4n) is 2.87. The number of aromatic nitrogens is 6. The standard InChI is InChI=1S/C19H14N6O2S2/c1-11-4-2-5-12(8-11)17-20-16(27-24-17)10-29-19-22-21-18(26)14-9-13(23-25(14)19)15-6-3-7-28-15/h2-9H,10H2,1H3,(H,21,26). The Kier molecular flexibility index (Phi) is 4.49. The van der Waals surface area contributed by atoms with Gasteiger partial charge in [0.2, 0.25) is 16.9 Å². The summed E-state index contributed by atoms with van der Waals surface area (Å²) in [5.74, 6) is 1.42. The SMILES string of the molecule is Cc1cccc(-c2noc(CSc3n[nH]c(=O)c4cc(-c5cccs5)nn34)n2)c1. The number of H-pyrrole nitrogens is 1. The van der Waals surface area contributed by atoms with Crippen molar-refractivity contribution in [3.63, 3.8) is 0 Å². The Morgan fingerprint density at radius 1 is 1.24 bits per heavy atom. The van der Waals surface area contributed by atoms with Crippen LogP contribution in [0, 0.1) is 6.92 Å². The van der Waals surface area contributed by atoms with Crippen LogP contribution in [-0.2, 0) is 5.75 Å². The summed E-state index contributed by atoms with van der Waals surface area (Å²) >= 11 is 2.93. The molecular formula is C19H14N6O2S2. The maximum absolute atomic E-state index is 12.2. The molecule has 1 aromatic carbocycles. The molecular weight excluding hydrogens is 408 g/mol. The summed E-state index contributed by atoms with van der Waals surface area (Å²) in [7, 11) is 0. The summed E-state index contributed by atoms with van der Waals surface area (Å²) in [5, 5.41) is 17.8. The molecule has 5 aromatic rings. The summed E-state index contributed by atoms with van der Waals surface area (Å²) in [6.07, 6.45) is 0. The maximum atomic E-state index is 12.2. The third-order valence-corrected chi connectivity index (χ3v) is 6.03. The van der Waals surface area contributed by atoms with Crippen LogP contribution < -0.4 is 5.56 Å². The fourth-order valence-corrected chi connectivity index (χ4v) is 4.29. The van der Waals surface area contributed by atoms with E-state index in [0.29, 0.717) is 28.1 Å². The van der Waals surface area contributed by atoms with Gasteiger partial charge >= 0.3 is 0 Å². The van der Waals surface area contributed by atoms with Gasteiger partial charge in [-0.25, -0.2) is 9.61 Å². The molecule has 0 aliphatic heterocycles. The highest BCUT2D eigenvalue weighted by molar-refractivity contribution is 7.98. The van der Waals surface area contributed by atoms with E-state index in [2.05, 4.69) is 25.4 Å². The van der Waals surface area contributed by atoms with Crippen LogP contribution >= 0.6 is 23.1 Å². The number of benzene rings is 1. The smallest absolute Gasteiger partial charge is 0.290 e. The van der Waals surface area contributed by atoms with Crippen molar-refractivity contribution in [2.75, 3.05) is 0 Å². The van der Waals surface area contributed by atoms with Gasteiger partial charge < -0.3 is 4.52 Å². The quantitative estimate of drug-likeness (QED) is 0.430. The second kappa shape index (κ2) is 7.30. The van der Waals surface area contributed by atoms with E-state index in [4.69, 9.17) is 4.52 Å². The number of thioether (sulfide) groups is 1. The van der Waals surface area contributed by atoms with Crippen LogP contribution in [0.25, 0.3) is 27.5 Å². The monoisotopic (exact) mass is 422 g/mol. The number of aryl methyl sites for hydroxylation is 1. The number of nitrogens with zero attached hydrogens (tertiary/aromatic N) is 5. The molecule has 0 amide bonds. The first kappa shape index (κ1) is 17.8. The first-order valence-corrected chi connectivity index (χ1v) is 10.6. The Balaban J connectivity index is 1.41. The van der Waals surface area contributed by atoms with Crippen molar-refractivity contribution >= 4 is 28.6 Å². The molecule has 8 nitrogen and oxygen atoms in total. The molecule has 0 unspecified atom stereocenters. The number of thiophene rings is 1. The summed E-state index contributed by atoms with van der Waals surface area (Å²) in [6.45, 7) is 2.02. The molecule has 29 heavy (non-hydrogen) atoms. The zero-order valence-electron chi connectivity index (χ0n) is 15.2. The van der Waals surface area contributed by atoms with E-state index in [1.54, 1.807) is 21.9 Å². The molecule has 5 rings (SSSR count). The number of hydrogen-bond acceptors (Lipinski definition) is 8. The lowest BCUT2D eigenvalue weighted by molar-refractivity contribution is 0.391. The van der Waals surface area contributed by atoms with E-state index in [1.165, 1.54) is 11.8 Å². The lowest BCUT2D eigenvalue weighted by atomic mass is 10.1. The molecule has 0 bridgehead atoms. The van der Waals surface area contributed by atoms with Crippen LogP contribution in [0.5, 0.6) is 0 Å². The Labute approximate surface area is 172 Å². The molecule has 144 valence electrons. The first-order chi connectivity index (χ1) is 14.2. The van der Waals surface area contributed by atoms with Gasteiger partial charge in [0, 0.05) is 5.56 Å². The molecule has 0 aliphatic rings. The van der Waals surface area contributed by atoms with Crippen molar-refractivity contribution in [1.29, 1.82) is 0 Å². The molecule has 0 atom stereocenters. The second-order valence-electron chi connectivity index (χ2n) is 6.31. The van der Waals surface area contributed by atoms with Crippen molar-refractivity contribution < 1.29 is 4.52 Å². The van der Waals surface area contributed by atoms with Crippen LogP contribution in [-0.4, -0.2) is 30.0 Å². The van der Waals surface area contributed by atoms with Crippen LogP contribution in [0.4, 0.5) is 0 Å². The Bertz CT molecular complexity index is 1350. The van der Waals surface area contributed by atoms with Gasteiger partial charge in [0.25, 0.3) is 5.56 Å². The van der Waals surface area contributed by atoms with E-state index in [9.17, 15) is 4.79 Å². The molecule has 0 saturated carbocycles. The van der Waals surface area contributed by atoms with Gasteiger partial charge in [0.05, 0.1) is 10.6 Å². The van der Waals surface area contributed by atoms with Gasteiger partial charge in [-0.3, -0.25) is 4.79 Å². The first-order valence-electron chi connectivity index (χ1n) is 8.72. The molecule has 4 aromatic heterocycles. The minimum atomic E-state index is -0.288. The van der Waals surface area contributed by atoms with Gasteiger partial charge in [0.1, 0.15) is 11.2 Å². The number of aromatic amines is 1. The zero-order chi connectivity index (χ0) is 19.8. The molecule has 0 radical (unpaired) electrons. The number of fused-ring (bicyclic) bond motifs is 1. The summed E-state index contributed by atoms with van der Waals surface area (Å²) in [4.78, 5) is 17.6. The predicted molar refractivity (Wildman–Crippen MR) is 111 cm³/mol. The number of nitrogens with one attached hydrogen (secondary N) is 1. The minimum Gasteiger partial charge on any atom is -0.338 e. The normalized spacial score (nSPS) is 11.3. The van der Waals surface area contributed by atoms with Crippen molar-refractivity contribution in [2.24, 2.45) is 0 Å². The minimum absolute atomic E-state index is 0.288. The van der Waals surface area contributed by atoms with E-state index in [1.807, 2.05) is 48.7 Å². The topological polar surface area (TPSA) is 102 Å². The zero-order valence-corrected chi connectivity index (χ0v) is 16.8. The van der Waals surface area contributed by atoms with Crippen LogP contribution in [0.1, 0.15) is 11.5 Å². The molecule has 0 spiro atoms. The lowest BCUT2D eigenvalue weighted by Crippen LogP contribution is -2.13. The van der Waals surface area contributed by atoms with E-state index < -0.39 is 0 Å². The second-order valence-corrected chi connectivity index (χ2v) is 8.20. The maximum Gasteiger partial charge on any atom is 0.290 e. The lowest BCUT2D eigenvalue weighted by Gasteiger charge is -2.00. The predicted octanol–water partition coefficient (Wildman–Crippen LogP) is 3.80. The van der Waals surface area contributed by atoms with E-state index in [-0.39, 0.29) is 5.56 Å². The molecule has 4 heterocycles. The third kappa shape index (κ3) is 3.47. The molecule has 1 N–H and O–H groups in total. The summed E-state index contributed by atoms with van der Waals surface area (Å²) < 4.78 is 6.92. The number of rotatable bonds is 5. The molecule has 0 fully saturated rings. The largest absolute Gasteiger partial charge is 0.338 e. The van der Waals surface area contributed by atoms with Crippen molar-refractivity contribution in [2.45, 2.75) is 17.8 Å². The molecule has 0 saturated heterocycles. The van der Waals surface area contributed by atoms with Gasteiger partial charge in [-0.2, -0.15) is 10.1 Å². The van der Waals surface area contributed by atoms with Crippen LogP contribution in [0.2, 0.25) is 0 Å². The fraction of sp³-hybridized carbons (Fsp3) is 0.105. The molecule has 0 aliphatic carbocycles. The van der Waals surface area contributed by atoms with Crippen LogP contribution in [0.3, 0.4) is 0 Å². The third-order valence-electron chi connectivity index (χ3n) is 4.22. The molecule has 10 heteroatoms. The summed E-state index contributed by atoms with van der Waals surface area (Å²) in [6, 6.07) is 13.6. The average Bonchev–Trinajstić information content (AvgIpc) is 3.47. The van der Waals surface area contributed by atoms with E-state index in [0.717, 1.165) is 21.7 Å². The van der Waals surface area contributed by atoms with Gasteiger partial charge in [0.15, 0.2) is 0 Å². The van der Waals surface area contributed by atoms with Crippen molar-refractivity contribution in [3.05, 3.63) is 69.7 Å². The Morgan fingerprint density at radius 2 is 2.17 bits per heavy atom. The highest BCUT2D eigenvalue weighted by Gasteiger charge is 2.15. The van der Waals surface area contributed by atoms with Gasteiger partial charge in [-0.1, -0.05) is 46.7 Å². The van der Waals surface area contributed by atoms with E-state index >= 15 is 0 Å². The highest BCUT2D eigenvalue weighted by Crippen LogP contribution is 2.26. The van der Waals surface area contributed by atoms with Gasteiger partial charge in [-0.15, -0.1) is 16.4 Å². The highest BCUT2D eigenvalue weighted by atomic mass is 32.2. The average molecular weight is 422 g/mol. The summed E-state index contributed by atoms with van der Waals surface area (Å²) in [5.41, 5.74) is 2.92. The van der Waals surface area contributed by atoms with Crippen molar-refractivity contribution in [1.82, 2.24) is 30.0 Å². The van der Waals surface area contributed by atoms with Crippen molar-refractivity contribution in [3.8, 4) is 22.0 Å². The van der Waals surface area contributed by atoms with Gasteiger partial charge in [-0.05, 0) is 30.5 Å². The van der Waals surface area contributed by atoms with Crippen LogP contribution in [0.15, 0.2) is 62.3 Å². The number of hydrogen-bond donors (Lipinski definition) is 1. The Morgan fingerprint density at radius 3 is 3.00 bits per heavy atom. The Hall–Kier alpha value is -3.24.